The van der Waals surface area contributed by atoms with Gasteiger partial charge in [-0.1, -0.05) is 35.4 Å². The number of nitrogens with zero attached hydrogens (tertiary/aromatic N) is 2. The average molecular weight is 456 g/mol. The lowest BCUT2D eigenvalue weighted by Gasteiger charge is -2.32. The first kappa shape index (κ1) is 19.8. The Kier molecular flexibility index (Phi) is 5.45. The standard InChI is InChI=1S/C18H18ClN3O3S3/c1-11-9-12(19)10-14-16(11)20-18(27-14)21-17(23)13-5-2-3-7-22(13)28(24,25)15-6-4-8-26-15/h4,6,8-10,13H,2-3,5,7H2,1H3,(H,20,21,23). The number of hydrogen-bond donors (Lipinski definition) is 1. The molecule has 6 nitrogen and oxygen atoms in total. The summed E-state index contributed by atoms with van der Waals surface area (Å²) in [7, 11) is -3.69. The van der Waals surface area contributed by atoms with E-state index in [1.807, 2.05) is 19.1 Å². The van der Waals surface area contributed by atoms with Crippen molar-refractivity contribution in [2.45, 2.75) is 36.4 Å². The van der Waals surface area contributed by atoms with Crippen LogP contribution in [0.4, 0.5) is 5.13 Å². The summed E-state index contributed by atoms with van der Waals surface area (Å²) in [5.74, 6) is -0.345. The lowest BCUT2D eigenvalue weighted by atomic mass is 10.0. The van der Waals surface area contributed by atoms with Crippen LogP contribution in [0.25, 0.3) is 10.2 Å². The van der Waals surface area contributed by atoms with Gasteiger partial charge in [0.05, 0.1) is 10.2 Å². The number of benzene rings is 1. The molecule has 1 N–H and O–H groups in total. The molecule has 1 fully saturated rings. The number of aromatic nitrogens is 1. The number of nitrogens with one attached hydrogen (secondary N) is 1. The molecule has 1 saturated heterocycles. The van der Waals surface area contributed by atoms with Crippen LogP contribution in [0.1, 0.15) is 24.8 Å². The number of carbonyl (C=O) groups is 1. The van der Waals surface area contributed by atoms with Gasteiger partial charge in [-0.2, -0.15) is 4.31 Å². The zero-order chi connectivity index (χ0) is 19.9. The monoisotopic (exact) mass is 455 g/mol. The highest BCUT2D eigenvalue weighted by atomic mass is 35.5. The van der Waals surface area contributed by atoms with E-state index in [2.05, 4.69) is 10.3 Å². The number of carbonyl (C=O) groups excluding carboxylic acids is 1. The summed E-state index contributed by atoms with van der Waals surface area (Å²) in [5.41, 5.74) is 1.72. The maximum atomic E-state index is 13.0. The van der Waals surface area contributed by atoms with Crippen LogP contribution in [0, 0.1) is 6.92 Å². The van der Waals surface area contributed by atoms with Crippen molar-refractivity contribution in [3.63, 3.8) is 0 Å². The van der Waals surface area contributed by atoms with Crippen molar-refractivity contribution < 1.29 is 13.2 Å². The van der Waals surface area contributed by atoms with Gasteiger partial charge in [-0.3, -0.25) is 4.79 Å². The van der Waals surface area contributed by atoms with E-state index < -0.39 is 16.1 Å². The zero-order valence-corrected chi connectivity index (χ0v) is 18.2. The van der Waals surface area contributed by atoms with E-state index in [-0.39, 0.29) is 10.1 Å². The van der Waals surface area contributed by atoms with Gasteiger partial charge in [0.15, 0.2) is 5.13 Å². The largest absolute Gasteiger partial charge is 0.301 e. The van der Waals surface area contributed by atoms with E-state index in [9.17, 15) is 13.2 Å². The molecule has 10 heteroatoms. The number of thiophene rings is 1. The summed E-state index contributed by atoms with van der Waals surface area (Å²) in [4.78, 5) is 17.4. The van der Waals surface area contributed by atoms with Crippen LogP contribution in [0.15, 0.2) is 33.9 Å². The summed E-state index contributed by atoms with van der Waals surface area (Å²) in [6, 6.07) is 6.17. The fourth-order valence-electron chi connectivity index (χ4n) is 3.38. The van der Waals surface area contributed by atoms with E-state index in [0.29, 0.717) is 23.1 Å². The smallest absolute Gasteiger partial charge is 0.253 e. The first-order valence-corrected chi connectivity index (χ1v) is 12.3. The molecule has 1 aliphatic rings. The second-order valence-electron chi connectivity index (χ2n) is 6.64. The molecule has 4 rings (SSSR count). The Morgan fingerprint density at radius 2 is 2.18 bits per heavy atom. The second kappa shape index (κ2) is 7.72. The molecule has 0 saturated carbocycles. The predicted molar refractivity (Wildman–Crippen MR) is 114 cm³/mol. The highest BCUT2D eigenvalue weighted by molar-refractivity contribution is 7.91. The van der Waals surface area contributed by atoms with E-state index in [1.54, 1.807) is 17.5 Å². The third-order valence-electron chi connectivity index (χ3n) is 4.69. The normalized spacial score (nSPS) is 18.4. The van der Waals surface area contributed by atoms with Gasteiger partial charge in [0.2, 0.25) is 5.91 Å². The van der Waals surface area contributed by atoms with Crippen LogP contribution in [0.3, 0.4) is 0 Å². The minimum Gasteiger partial charge on any atom is -0.301 e. The minimum absolute atomic E-state index is 0.262. The van der Waals surface area contributed by atoms with Gasteiger partial charge >= 0.3 is 0 Å². The van der Waals surface area contributed by atoms with Crippen LogP contribution in [-0.2, 0) is 14.8 Å². The number of amides is 1. The van der Waals surface area contributed by atoms with Gasteiger partial charge in [-0.15, -0.1) is 11.3 Å². The second-order valence-corrected chi connectivity index (χ2v) is 11.2. The summed E-state index contributed by atoms with van der Waals surface area (Å²) < 4.78 is 28.4. The van der Waals surface area contributed by atoms with Crippen molar-refractivity contribution in [3.8, 4) is 0 Å². The summed E-state index contributed by atoms with van der Waals surface area (Å²) in [6.07, 6.45) is 2.04. The number of sulfonamides is 1. The molecule has 0 bridgehead atoms. The summed E-state index contributed by atoms with van der Waals surface area (Å²) >= 11 is 8.59. The Morgan fingerprint density at radius 1 is 1.36 bits per heavy atom. The molecule has 3 heterocycles. The molecule has 0 spiro atoms. The molecule has 148 valence electrons. The van der Waals surface area contributed by atoms with Crippen molar-refractivity contribution in [3.05, 3.63) is 40.2 Å². The highest BCUT2D eigenvalue weighted by Gasteiger charge is 2.38. The van der Waals surface area contributed by atoms with Crippen LogP contribution in [0.5, 0.6) is 0 Å². The predicted octanol–water partition coefficient (Wildman–Crippen LogP) is 4.50. The highest BCUT2D eigenvalue weighted by Crippen LogP contribution is 2.32. The SMILES string of the molecule is Cc1cc(Cl)cc2sc(NC(=O)C3CCCCN3S(=O)(=O)c3cccs3)nc12. The lowest BCUT2D eigenvalue weighted by Crippen LogP contribution is -2.49. The van der Waals surface area contributed by atoms with Gasteiger partial charge in [0, 0.05) is 11.6 Å². The molecule has 3 aromatic rings. The van der Waals surface area contributed by atoms with Crippen LogP contribution >= 0.6 is 34.3 Å². The molecule has 28 heavy (non-hydrogen) atoms. The first-order chi connectivity index (χ1) is 13.4. The van der Waals surface area contributed by atoms with Crippen molar-refractivity contribution >= 4 is 65.6 Å². The average Bonchev–Trinajstić information content (AvgIpc) is 3.32. The van der Waals surface area contributed by atoms with E-state index >= 15 is 0 Å². The van der Waals surface area contributed by atoms with E-state index in [0.717, 1.165) is 40.0 Å². The van der Waals surface area contributed by atoms with Gasteiger partial charge in [0.1, 0.15) is 10.3 Å². The van der Waals surface area contributed by atoms with Gasteiger partial charge in [0.25, 0.3) is 10.0 Å². The Balaban J connectivity index is 1.60. The quantitative estimate of drug-likeness (QED) is 0.628. The summed E-state index contributed by atoms with van der Waals surface area (Å²) in [5, 5.41) is 5.61. The molecular formula is C18H18ClN3O3S3. The molecule has 0 radical (unpaired) electrons. The van der Waals surface area contributed by atoms with Crippen LogP contribution in [-0.4, -0.2) is 36.2 Å². The van der Waals surface area contributed by atoms with Crippen molar-refractivity contribution in [1.82, 2.24) is 9.29 Å². The number of piperidine rings is 1. The molecule has 1 unspecified atom stereocenters. The number of aryl methyl sites for hydroxylation is 1. The van der Waals surface area contributed by atoms with Crippen LogP contribution < -0.4 is 5.32 Å². The Labute approximate surface area is 176 Å². The molecule has 1 amide bonds. The van der Waals surface area contributed by atoms with Gasteiger partial charge in [-0.05, 0) is 48.9 Å². The number of rotatable bonds is 4. The molecule has 2 aromatic heterocycles. The molecule has 1 aliphatic heterocycles. The fraction of sp³-hybridized carbons (Fsp3) is 0.333. The van der Waals surface area contributed by atoms with Crippen LogP contribution in [0.2, 0.25) is 5.02 Å². The van der Waals surface area contributed by atoms with Crippen molar-refractivity contribution in [1.29, 1.82) is 0 Å². The molecule has 0 aliphatic carbocycles. The number of halogens is 1. The third-order valence-corrected chi connectivity index (χ3v) is 9.11. The zero-order valence-electron chi connectivity index (χ0n) is 15.0. The van der Waals surface area contributed by atoms with Crippen molar-refractivity contribution in [2.75, 3.05) is 11.9 Å². The maximum Gasteiger partial charge on any atom is 0.253 e. The lowest BCUT2D eigenvalue weighted by molar-refractivity contribution is -0.120. The topological polar surface area (TPSA) is 79.4 Å². The summed E-state index contributed by atoms with van der Waals surface area (Å²) in [6.45, 7) is 2.25. The number of anilines is 1. The van der Waals surface area contributed by atoms with E-state index in [1.165, 1.54) is 15.6 Å². The minimum atomic E-state index is -3.69. The first-order valence-electron chi connectivity index (χ1n) is 8.79. The van der Waals surface area contributed by atoms with Gasteiger partial charge < -0.3 is 5.32 Å². The van der Waals surface area contributed by atoms with Gasteiger partial charge in [-0.25, -0.2) is 13.4 Å². The Bertz CT molecular complexity index is 1130. The molecular weight excluding hydrogens is 438 g/mol. The Hall–Kier alpha value is -1.52. The number of fused-ring (bicyclic) bond motifs is 1. The van der Waals surface area contributed by atoms with E-state index in [4.69, 9.17) is 11.6 Å². The Morgan fingerprint density at radius 3 is 2.93 bits per heavy atom. The molecule has 1 aromatic carbocycles. The van der Waals surface area contributed by atoms with Crippen molar-refractivity contribution in [2.24, 2.45) is 0 Å². The third kappa shape index (κ3) is 3.69. The number of hydrogen-bond acceptors (Lipinski definition) is 6. The fourth-order valence-corrected chi connectivity index (χ4v) is 7.48. The maximum absolute atomic E-state index is 13.0. The number of thiazole rings is 1. The molecule has 1 atom stereocenters.